The summed E-state index contributed by atoms with van der Waals surface area (Å²) in [5.74, 6) is -0.931. The summed E-state index contributed by atoms with van der Waals surface area (Å²) in [5, 5.41) is 21.1. The third-order valence-electron chi connectivity index (χ3n) is 4.98. The summed E-state index contributed by atoms with van der Waals surface area (Å²) >= 11 is 1.30. The second kappa shape index (κ2) is 9.00. The number of benzene rings is 1. The van der Waals surface area contributed by atoms with E-state index in [1.165, 1.54) is 17.5 Å². The van der Waals surface area contributed by atoms with Crippen LogP contribution in [0, 0.1) is 5.92 Å². The van der Waals surface area contributed by atoms with E-state index in [2.05, 4.69) is 20.5 Å². The molecule has 154 valence electrons. The van der Waals surface area contributed by atoms with E-state index in [4.69, 9.17) is 9.84 Å². The quantitative estimate of drug-likeness (QED) is 0.617. The molecular formula is C21H20N4O4S. The number of pyridine rings is 1. The topological polar surface area (TPSA) is 114 Å². The number of aliphatic carboxylic acids is 1. The highest BCUT2D eigenvalue weighted by molar-refractivity contribution is 7.18. The Bertz CT molecular complexity index is 1020. The highest BCUT2D eigenvalue weighted by Crippen LogP contribution is 2.28. The number of hydrogen-bond acceptors (Lipinski definition) is 7. The molecule has 30 heavy (non-hydrogen) atoms. The first-order valence-corrected chi connectivity index (χ1v) is 10.5. The summed E-state index contributed by atoms with van der Waals surface area (Å²) in [4.78, 5) is 27.7. The summed E-state index contributed by atoms with van der Waals surface area (Å²) < 4.78 is 5.83. The molecular weight excluding hydrogens is 404 g/mol. The third kappa shape index (κ3) is 4.80. The fraction of sp³-hybridized carbons (Fsp3) is 0.286. The number of nitrogens with one attached hydrogen (secondary N) is 1. The van der Waals surface area contributed by atoms with Gasteiger partial charge in [0.1, 0.15) is 11.1 Å². The highest BCUT2D eigenvalue weighted by Gasteiger charge is 2.27. The number of carbonyl (C=O) groups is 2. The van der Waals surface area contributed by atoms with Crippen LogP contribution in [0.4, 0.5) is 5.13 Å². The molecule has 2 heterocycles. The number of amides is 1. The zero-order valence-electron chi connectivity index (χ0n) is 16.0. The molecule has 2 N–H and O–H groups in total. The van der Waals surface area contributed by atoms with Gasteiger partial charge >= 0.3 is 5.97 Å². The molecule has 1 aliphatic rings. The van der Waals surface area contributed by atoms with E-state index in [-0.39, 0.29) is 17.9 Å². The van der Waals surface area contributed by atoms with E-state index in [0.29, 0.717) is 42.3 Å². The Morgan fingerprint density at radius 1 is 1.03 bits per heavy atom. The molecule has 0 bridgehead atoms. The zero-order valence-corrected chi connectivity index (χ0v) is 16.8. The van der Waals surface area contributed by atoms with Gasteiger partial charge in [-0.05, 0) is 31.7 Å². The van der Waals surface area contributed by atoms with Crippen LogP contribution >= 0.6 is 11.3 Å². The van der Waals surface area contributed by atoms with Gasteiger partial charge in [0.2, 0.25) is 11.0 Å². The van der Waals surface area contributed by atoms with Crippen molar-refractivity contribution in [2.75, 3.05) is 5.32 Å². The number of carbonyl (C=O) groups excluding carboxylic acids is 1. The number of carboxylic acids is 1. The maximum absolute atomic E-state index is 12.5. The molecule has 3 aromatic rings. The molecule has 0 spiro atoms. The molecule has 1 fully saturated rings. The molecule has 9 heteroatoms. The Hall–Kier alpha value is -3.33. The van der Waals surface area contributed by atoms with Crippen LogP contribution in [-0.4, -0.2) is 38.3 Å². The maximum atomic E-state index is 12.5. The van der Waals surface area contributed by atoms with Gasteiger partial charge in [-0.15, -0.1) is 10.2 Å². The molecule has 0 aliphatic heterocycles. The van der Waals surface area contributed by atoms with Crippen LogP contribution in [0.2, 0.25) is 0 Å². The molecule has 0 atom stereocenters. The monoisotopic (exact) mass is 424 g/mol. The van der Waals surface area contributed by atoms with Crippen LogP contribution in [0.15, 0.2) is 48.7 Å². The predicted molar refractivity (Wildman–Crippen MR) is 112 cm³/mol. The van der Waals surface area contributed by atoms with E-state index in [1.807, 2.05) is 30.3 Å². The summed E-state index contributed by atoms with van der Waals surface area (Å²) in [6.45, 7) is 0. The van der Waals surface area contributed by atoms with Crippen LogP contribution in [0.1, 0.15) is 36.0 Å². The fourth-order valence-corrected chi connectivity index (χ4v) is 4.07. The average molecular weight is 424 g/mol. The summed E-state index contributed by atoms with van der Waals surface area (Å²) in [6, 6.07) is 12.9. The highest BCUT2D eigenvalue weighted by atomic mass is 32.1. The van der Waals surface area contributed by atoms with E-state index in [9.17, 15) is 9.59 Å². The summed E-state index contributed by atoms with van der Waals surface area (Å²) in [5.41, 5.74) is 1.32. The minimum Gasteiger partial charge on any atom is -0.481 e. The zero-order chi connectivity index (χ0) is 20.9. The van der Waals surface area contributed by atoms with Gasteiger partial charge in [-0.25, -0.2) is 4.98 Å². The van der Waals surface area contributed by atoms with Crippen LogP contribution < -0.4 is 10.1 Å². The van der Waals surface area contributed by atoms with Crippen molar-refractivity contribution in [3.8, 4) is 16.5 Å². The maximum Gasteiger partial charge on any atom is 0.306 e. The van der Waals surface area contributed by atoms with E-state index in [1.54, 1.807) is 12.1 Å². The normalized spacial score (nSPS) is 18.5. The summed E-state index contributed by atoms with van der Waals surface area (Å²) in [6.07, 6.45) is 3.97. The Balaban J connectivity index is 1.32. The van der Waals surface area contributed by atoms with Crippen molar-refractivity contribution < 1.29 is 19.4 Å². The second-order valence-electron chi connectivity index (χ2n) is 7.05. The van der Waals surface area contributed by atoms with Gasteiger partial charge in [0.15, 0.2) is 0 Å². The number of carboxylic acid groups (broad SMARTS) is 1. The average Bonchev–Trinajstić information content (AvgIpc) is 3.24. The molecule has 1 saturated carbocycles. The van der Waals surface area contributed by atoms with Crippen molar-refractivity contribution in [3.63, 3.8) is 0 Å². The first-order chi connectivity index (χ1) is 14.6. The lowest BCUT2D eigenvalue weighted by atomic mass is 9.87. The minimum atomic E-state index is -0.742. The van der Waals surface area contributed by atoms with Crippen molar-refractivity contribution in [1.29, 1.82) is 0 Å². The standard InChI is InChI=1S/C21H20N4O4S/c26-18(23-21-25-24-19(30-21)13-4-2-1-3-5-13)15-8-11-17(22-12-15)29-16-9-6-14(7-10-16)20(27)28/h1-5,8,11-12,14,16H,6-7,9-10H2,(H,27,28)(H,23,25,26). The predicted octanol–water partition coefficient (Wildman–Crippen LogP) is 3.87. The lowest BCUT2D eigenvalue weighted by molar-refractivity contribution is -0.143. The molecule has 0 saturated heterocycles. The smallest absolute Gasteiger partial charge is 0.306 e. The third-order valence-corrected chi connectivity index (χ3v) is 5.86. The van der Waals surface area contributed by atoms with Crippen LogP contribution in [0.25, 0.3) is 10.6 Å². The van der Waals surface area contributed by atoms with Gasteiger partial charge < -0.3 is 9.84 Å². The van der Waals surface area contributed by atoms with Gasteiger partial charge in [0, 0.05) is 17.8 Å². The van der Waals surface area contributed by atoms with E-state index in [0.717, 1.165) is 10.6 Å². The Kier molecular flexibility index (Phi) is 5.99. The number of nitrogens with zero attached hydrogens (tertiary/aromatic N) is 3. The minimum absolute atomic E-state index is 0.0504. The number of aromatic nitrogens is 3. The van der Waals surface area contributed by atoms with E-state index >= 15 is 0 Å². The Morgan fingerprint density at radius 2 is 1.80 bits per heavy atom. The van der Waals surface area contributed by atoms with Crippen molar-refractivity contribution in [3.05, 3.63) is 54.2 Å². The molecule has 2 aromatic heterocycles. The van der Waals surface area contributed by atoms with Crippen LogP contribution in [-0.2, 0) is 4.79 Å². The van der Waals surface area contributed by atoms with Gasteiger partial charge in [0.05, 0.1) is 11.5 Å². The lowest BCUT2D eigenvalue weighted by Crippen LogP contribution is -2.28. The van der Waals surface area contributed by atoms with E-state index < -0.39 is 5.97 Å². The molecule has 0 unspecified atom stereocenters. The molecule has 1 aromatic carbocycles. The molecule has 4 rings (SSSR count). The lowest BCUT2D eigenvalue weighted by Gasteiger charge is -2.26. The number of ether oxygens (including phenoxy) is 1. The molecule has 8 nitrogen and oxygen atoms in total. The largest absolute Gasteiger partial charge is 0.481 e. The van der Waals surface area contributed by atoms with Gasteiger partial charge in [-0.3, -0.25) is 14.9 Å². The Labute approximate surface area is 177 Å². The van der Waals surface area contributed by atoms with Crippen molar-refractivity contribution >= 4 is 28.3 Å². The molecule has 1 aliphatic carbocycles. The number of hydrogen-bond donors (Lipinski definition) is 2. The summed E-state index contributed by atoms with van der Waals surface area (Å²) in [7, 11) is 0. The number of anilines is 1. The van der Waals surface area contributed by atoms with Gasteiger partial charge in [-0.1, -0.05) is 41.7 Å². The number of rotatable bonds is 6. The van der Waals surface area contributed by atoms with Crippen molar-refractivity contribution in [2.45, 2.75) is 31.8 Å². The first-order valence-electron chi connectivity index (χ1n) is 9.64. The van der Waals surface area contributed by atoms with Crippen molar-refractivity contribution in [1.82, 2.24) is 15.2 Å². The Morgan fingerprint density at radius 3 is 2.47 bits per heavy atom. The molecule has 1 amide bonds. The van der Waals surface area contributed by atoms with Crippen molar-refractivity contribution in [2.24, 2.45) is 5.92 Å². The molecule has 0 radical (unpaired) electrons. The fourth-order valence-electron chi connectivity index (χ4n) is 3.32. The van der Waals surface area contributed by atoms with Gasteiger partial charge in [-0.2, -0.15) is 0 Å². The van der Waals surface area contributed by atoms with Gasteiger partial charge in [0.25, 0.3) is 5.91 Å². The van der Waals surface area contributed by atoms with Crippen LogP contribution in [0.5, 0.6) is 5.88 Å². The van der Waals surface area contributed by atoms with Crippen LogP contribution in [0.3, 0.4) is 0 Å². The SMILES string of the molecule is O=C(Nc1nnc(-c2ccccc2)s1)c1ccc(OC2CCC(C(=O)O)CC2)nc1. The first kappa shape index (κ1) is 20.0. The second-order valence-corrected chi connectivity index (χ2v) is 8.02.